The van der Waals surface area contributed by atoms with Crippen molar-refractivity contribution in [2.24, 2.45) is 0 Å². The van der Waals surface area contributed by atoms with Crippen molar-refractivity contribution in [1.29, 1.82) is 0 Å². The van der Waals surface area contributed by atoms with Gasteiger partial charge in [-0.1, -0.05) is 6.07 Å². The molecule has 0 atom stereocenters. The van der Waals surface area contributed by atoms with Crippen LogP contribution in [-0.4, -0.2) is 28.4 Å². The fourth-order valence-corrected chi connectivity index (χ4v) is 1.83. The number of methoxy groups -OCH3 is 1. The van der Waals surface area contributed by atoms with E-state index in [0.29, 0.717) is 0 Å². The molecular weight excluding hydrogens is 277 g/mol. The standard InChI is InChI=1S/C12H9F3N2O3/c1-20-10-6(3-2-4-8(10)12(13,14)15)9-7(11(18)19)5-16-17-9/h2-5H,1H3,(H,16,17)(H,18,19). The number of hydrogen-bond donors (Lipinski definition) is 2. The van der Waals surface area contributed by atoms with Crippen molar-refractivity contribution in [3.63, 3.8) is 0 Å². The molecule has 1 heterocycles. The summed E-state index contributed by atoms with van der Waals surface area (Å²) in [5.41, 5.74) is -1.27. The number of carboxylic acids is 1. The third kappa shape index (κ3) is 2.31. The molecule has 0 aliphatic carbocycles. The quantitative estimate of drug-likeness (QED) is 0.909. The average Bonchev–Trinajstić information content (AvgIpc) is 2.85. The Morgan fingerprint density at radius 1 is 1.40 bits per heavy atom. The van der Waals surface area contributed by atoms with Gasteiger partial charge < -0.3 is 9.84 Å². The van der Waals surface area contributed by atoms with Gasteiger partial charge in [-0.25, -0.2) is 4.79 Å². The number of aromatic nitrogens is 2. The van der Waals surface area contributed by atoms with E-state index in [1.165, 1.54) is 12.1 Å². The van der Waals surface area contributed by atoms with Crippen molar-refractivity contribution in [3.05, 3.63) is 35.5 Å². The Morgan fingerprint density at radius 3 is 2.65 bits per heavy atom. The Bertz CT molecular complexity index is 650. The summed E-state index contributed by atoms with van der Waals surface area (Å²) in [6.07, 6.45) is -3.58. The van der Waals surface area contributed by atoms with Crippen molar-refractivity contribution in [1.82, 2.24) is 10.2 Å². The molecule has 0 spiro atoms. The predicted octanol–water partition coefficient (Wildman–Crippen LogP) is 2.80. The topological polar surface area (TPSA) is 75.2 Å². The Hall–Kier alpha value is -2.51. The Kier molecular flexibility index (Phi) is 3.39. The highest BCUT2D eigenvalue weighted by molar-refractivity contribution is 5.95. The van der Waals surface area contributed by atoms with Gasteiger partial charge in [-0.3, -0.25) is 5.10 Å². The number of aromatic amines is 1. The number of rotatable bonds is 3. The Morgan fingerprint density at radius 2 is 2.10 bits per heavy atom. The third-order valence-corrected chi connectivity index (χ3v) is 2.66. The Labute approximate surface area is 111 Å². The lowest BCUT2D eigenvalue weighted by atomic mass is 10.0. The summed E-state index contributed by atoms with van der Waals surface area (Å²) in [6.45, 7) is 0. The summed E-state index contributed by atoms with van der Waals surface area (Å²) in [4.78, 5) is 11.0. The number of carbonyl (C=O) groups is 1. The van der Waals surface area contributed by atoms with Crippen LogP contribution in [0.25, 0.3) is 11.3 Å². The number of carboxylic acid groups (broad SMARTS) is 1. The van der Waals surface area contributed by atoms with Crippen LogP contribution < -0.4 is 4.74 Å². The van der Waals surface area contributed by atoms with Crippen LogP contribution in [0.1, 0.15) is 15.9 Å². The number of nitrogens with one attached hydrogen (secondary N) is 1. The second kappa shape index (κ2) is 4.87. The highest BCUT2D eigenvalue weighted by Gasteiger charge is 2.36. The number of alkyl halides is 3. The summed E-state index contributed by atoms with van der Waals surface area (Å²) in [5, 5.41) is 14.9. The van der Waals surface area contributed by atoms with Gasteiger partial charge in [0, 0.05) is 5.56 Å². The van der Waals surface area contributed by atoms with Gasteiger partial charge in [-0.15, -0.1) is 0 Å². The zero-order valence-corrected chi connectivity index (χ0v) is 10.2. The molecule has 0 fully saturated rings. The molecule has 106 valence electrons. The minimum Gasteiger partial charge on any atom is -0.495 e. The van der Waals surface area contributed by atoms with Crippen LogP contribution in [-0.2, 0) is 6.18 Å². The fraction of sp³-hybridized carbons (Fsp3) is 0.167. The van der Waals surface area contributed by atoms with E-state index in [0.717, 1.165) is 19.4 Å². The number of hydrogen-bond acceptors (Lipinski definition) is 3. The van der Waals surface area contributed by atoms with Gasteiger partial charge in [-0.05, 0) is 12.1 Å². The molecule has 0 bridgehead atoms. The molecule has 0 radical (unpaired) electrons. The molecule has 0 aliphatic heterocycles. The van der Waals surface area contributed by atoms with Crippen molar-refractivity contribution >= 4 is 5.97 Å². The SMILES string of the molecule is COc1c(-c2[nH]ncc2C(=O)O)cccc1C(F)(F)F. The third-order valence-electron chi connectivity index (χ3n) is 2.66. The van der Waals surface area contributed by atoms with Gasteiger partial charge in [0.2, 0.25) is 0 Å². The van der Waals surface area contributed by atoms with E-state index in [2.05, 4.69) is 10.2 Å². The molecule has 5 nitrogen and oxygen atoms in total. The predicted molar refractivity (Wildman–Crippen MR) is 62.5 cm³/mol. The van der Waals surface area contributed by atoms with Gasteiger partial charge in [0.25, 0.3) is 0 Å². The molecule has 2 aromatic rings. The molecule has 8 heteroatoms. The maximum atomic E-state index is 12.9. The number of ether oxygens (including phenoxy) is 1. The number of nitrogens with zero attached hydrogens (tertiary/aromatic N) is 1. The summed E-state index contributed by atoms with van der Waals surface area (Å²) in [6, 6.07) is 3.36. The molecule has 20 heavy (non-hydrogen) atoms. The smallest absolute Gasteiger partial charge is 0.419 e. The number of halogens is 3. The summed E-state index contributed by atoms with van der Waals surface area (Å²) in [7, 11) is 1.09. The van der Waals surface area contributed by atoms with Crippen LogP contribution in [0.2, 0.25) is 0 Å². The van der Waals surface area contributed by atoms with Crippen molar-refractivity contribution in [3.8, 4) is 17.0 Å². The minimum atomic E-state index is -4.61. The molecule has 2 N–H and O–H groups in total. The van der Waals surface area contributed by atoms with Gasteiger partial charge >= 0.3 is 12.1 Å². The highest BCUT2D eigenvalue weighted by Crippen LogP contribution is 2.41. The van der Waals surface area contributed by atoms with Gasteiger partial charge in [0.1, 0.15) is 11.3 Å². The summed E-state index contributed by atoms with van der Waals surface area (Å²) in [5.74, 6) is -1.75. The first-order valence-electron chi connectivity index (χ1n) is 5.37. The van der Waals surface area contributed by atoms with E-state index in [-0.39, 0.29) is 16.8 Å². The van der Waals surface area contributed by atoms with Crippen LogP contribution in [0, 0.1) is 0 Å². The van der Waals surface area contributed by atoms with E-state index in [4.69, 9.17) is 9.84 Å². The summed E-state index contributed by atoms with van der Waals surface area (Å²) >= 11 is 0. The first-order valence-corrected chi connectivity index (χ1v) is 5.37. The van der Waals surface area contributed by atoms with Crippen molar-refractivity contribution < 1.29 is 27.8 Å². The molecule has 0 amide bonds. The number of H-pyrrole nitrogens is 1. The van der Waals surface area contributed by atoms with Crippen molar-refractivity contribution in [2.45, 2.75) is 6.18 Å². The lowest BCUT2D eigenvalue weighted by Crippen LogP contribution is -2.08. The van der Waals surface area contributed by atoms with Crippen LogP contribution >= 0.6 is 0 Å². The van der Waals surface area contributed by atoms with Crippen LogP contribution in [0.3, 0.4) is 0 Å². The molecule has 0 unspecified atom stereocenters. The fourth-order valence-electron chi connectivity index (χ4n) is 1.83. The molecule has 1 aromatic heterocycles. The number of para-hydroxylation sites is 1. The normalized spacial score (nSPS) is 11.4. The summed E-state index contributed by atoms with van der Waals surface area (Å²) < 4.78 is 43.5. The van der Waals surface area contributed by atoms with Crippen LogP contribution in [0.4, 0.5) is 13.2 Å². The van der Waals surface area contributed by atoms with Crippen LogP contribution in [0.5, 0.6) is 5.75 Å². The molecule has 0 saturated carbocycles. The van der Waals surface area contributed by atoms with E-state index < -0.39 is 23.5 Å². The lowest BCUT2D eigenvalue weighted by molar-refractivity contribution is -0.138. The van der Waals surface area contributed by atoms with Crippen LogP contribution in [0.15, 0.2) is 24.4 Å². The van der Waals surface area contributed by atoms with Gasteiger partial charge in [0.05, 0.1) is 24.6 Å². The molecule has 0 saturated heterocycles. The average molecular weight is 286 g/mol. The lowest BCUT2D eigenvalue weighted by Gasteiger charge is -2.15. The monoisotopic (exact) mass is 286 g/mol. The largest absolute Gasteiger partial charge is 0.495 e. The molecular formula is C12H9F3N2O3. The zero-order chi connectivity index (χ0) is 14.9. The number of benzene rings is 1. The maximum Gasteiger partial charge on any atom is 0.419 e. The first kappa shape index (κ1) is 13.9. The van der Waals surface area contributed by atoms with Gasteiger partial charge in [0.15, 0.2) is 0 Å². The van der Waals surface area contributed by atoms with Crippen molar-refractivity contribution in [2.75, 3.05) is 7.11 Å². The number of aromatic carboxylic acids is 1. The second-order valence-corrected chi connectivity index (χ2v) is 3.85. The minimum absolute atomic E-state index is 0.0165. The highest BCUT2D eigenvalue weighted by atomic mass is 19.4. The van der Waals surface area contributed by atoms with E-state index in [1.54, 1.807) is 0 Å². The van der Waals surface area contributed by atoms with E-state index in [1.807, 2.05) is 0 Å². The van der Waals surface area contributed by atoms with E-state index in [9.17, 15) is 18.0 Å². The molecule has 2 rings (SSSR count). The molecule has 1 aromatic carbocycles. The van der Waals surface area contributed by atoms with E-state index >= 15 is 0 Å². The maximum absolute atomic E-state index is 12.9. The van der Waals surface area contributed by atoms with Gasteiger partial charge in [-0.2, -0.15) is 18.3 Å². The Balaban J connectivity index is 2.69. The molecule has 0 aliphatic rings. The second-order valence-electron chi connectivity index (χ2n) is 3.85. The first-order chi connectivity index (χ1) is 9.36. The zero-order valence-electron chi connectivity index (χ0n) is 10.2.